The maximum Gasteiger partial charge on any atom is 0.222 e. The Labute approximate surface area is 80.3 Å². The van der Waals surface area contributed by atoms with Gasteiger partial charge >= 0.3 is 0 Å². The van der Waals surface area contributed by atoms with Gasteiger partial charge in [-0.05, 0) is 18.8 Å². The van der Waals surface area contributed by atoms with E-state index in [1.54, 1.807) is 4.90 Å². The van der Waals surface area contributed by atoms with E-state index in [0.717, 1.165) is 6.42 Å². The Bertz CT molecular complexity index is 164. The van der Waals surface area contributed by atoms with Gasteiger partial charge in [0.15, 0.2) is 0 Å². The normalized spacial score (nSPS) is 17.7. The summed E-state index contributed by atoms with van der Waals surface area (Å²) in [5.41, 5.74) is 5.38. The summed E-state index contributed by atoms with van der Waals surface area (Å²) in [6.07, 6.45) is 5.82. The van der Waals surface area contributed by atoms with Gasteiger partial charge in [-0.25, -0.2) is 0 Å². The highest BCUT2D eigenvalue weighted by molar-refractivity contribution is 5.76. The van der Waals surface area contributed by atoms with Crippen LogP contribution in [0.2, 0.25) is 0 Å². The molecule has 1 fully saturated rings. The van der Waals surface area contributed by atoms with Crippen LogP contribution in [0.1, 0.15) is 32.1 Å². The van der Waals surface area contributed by atoms with E-state index in [-0.39, 0.29) is 5.91 Å². The van der Waals surface area contributed by atoms with E-state index in [4.69, 9.17) is 5.73 Å². The van der Waals surface area contributed by atoms with Crippen LogP contribution in [0.25, 0.3) is 0 Å². The quantitative estimate of drug-likeness (QED) is 0.708. The molecule has 3 nitrogen and oxygen atoms in total. The van der Waals surface area contributed by atoms with E-state index in [9.17, 15) is 4.79 Å². The Kier molecular flexibility index (Phi) is 4.22. The van der Waals surface area contributed by atoms with Crippen molar-refractivity contribution in [3.05, 3.63) is 0 Å². The molecule has 1 rings (SSSR count). The second kappa shape index (κ2) is 5.22. The van der Waals surface area contributed by atoms with Crippen LogP contribution in [-0.2, 0) is 4.79 Å². The van der Waals surface area contributed by atoms with Gasteiger partial charge < -0.3 is 10.6 Å². The van der Waals surface area contributed by atoms with E-state index in [1.807, 2.05) is 7.05 Å². The Hall–Kier alpha value is -0.570. The smallest absolute Gasteiger partial charge is 0.222 e. The molecule has 0 bridgehead atoms. The first kappa shape index (κ1) is 10.5. The molecule has 1 saturated carbocycles. The number of carbonyl (C=O) groups excluding carboxylic acids is 1. The molecule has 76 valence electrons. The third-order valence-electron chi connectivity index (χ3n) is 2.83. The fraction of sp³-hybridized carbons (Fsp3) is 0.900. The molecule has 3 heteroatoms. The lowest BCUT2D eigenvalue weighted by molar-refractivity contribution is -0.130. The third kappa shape index (κ3) is 3.35. The number of carbonyl (C=O) groups is 1. The standard InChI is InChI=1S/C10H20N2O/c1-12(7-6-11)10(13)8-9-4-2-3-5-9/h9H,2-8,11H2,1H3. The second-order valence-corrected chi connectivity index (χ2v) is 3.96. The molecule has 0 spiro atoms. The van der Waals surface area contributed by atoms with E-state index in [0.29, 0.717) is 19.0 Å². The average molecular weight is 184 g/mol. The van der Waals surface area contributed by atoms with Crippen molar-refractivity contribution >= 4 is 5.91 Å². The lowest BCUT2D eigenvalue weighted by Gasteiger charge is -2.18. The summed E-state index contributed by atoms with van der Waals surface area (Å²) in [4.78, 5) is 13.3. The number of nitrogens with two attached hydrogens (primary N) is 1. The summed E-state index contributed by atoms with van der Waals surface area (Å²) in [5, 5.41) is 0. The predicted molar refractivity (Wildman–Crippen MR) is 53.3 cm³/mol. The summed E-state index contributed by atoms with van der Waals surface area (Å²) in [5.74, 6) is 0.907. The van der Waals surface area contributed by atoms with Crippen LogP contribution in [0, 0.1) is 5.92 Å². The molecule has 1 aliphatic rings. The average Bonchev–Trinajstić information content (AvgIpc) is 2.57. The molecule has 0 saturated heterocycles. The van der Waals surface area contributed by atoms with Gasteiger partial charge in [-0.2, -0.15) is 0 Å². The molecule has 13 heavy (non-hydrogen) atoms. The SMILES string of the molecule is CN(CCN)C(=O)CC1CCCC1. The van der Waals surface area contributed by atoms with Crippen LogP contribution in [0.3, 0.4) is 0 Å². The zero-order valence-electron chi connectivity index (χ0n) is 8.46. The third-order valence-corrected chi connectivity index (χ3v) is 2.83. The maximum absolute atomic E-state index is 11.6. The number of likely N-dealkylation sites (N-methyl/N-ethyl adjacent to an activating group) is 1. The summed E-state index contributed by atoms with van der Waals surface area (Å²) in [6, 6.07) is 0. The first-order chi connectivity index (χ1) is 6.24. The number of amides is 1. The first-order valence-electron chi connectivity index (χ1n) is 5.18. The van der Waals surface area contributed by atoms with Crippen LogP contribution in [0.4, 0.5) is 0 Å². The Morgan fingerprint density at radius 2 is 2.08 bits per heavy atom. The fourth-order valence-corrected chi connectivity index (χ4v) is 1.94. The van der Waals surface area contributed by atoms with E-state index in [1.165, 1.54) is 25.7 Å². The molecule has 0 aromatic heterocycles. The van der Waals surface area contributed by atoms with Gasteiger partial charge in [0.25, 0.3) is 0 Å². The molecule has 1 aliphatic carbocycles. The van der Waals surface area contributed by atoms with Gasteiger partial charge in [0.2, 0.25) is 5.91 Å². The monoisotopic (exact) mass is 184 g/mol. The molecule has 0 radical (unpaired) electrons. The summed E-state index contributed by atoms with van der Waals surface area (Å²) < 4.78 is 0. The predicted octanol–water partition coefficient (Wildman–Crippen LogP) is 0.984. The van der Waals surface area contributed by atoms with Crippen LogP contribution in [0.5, 0.6) is 0 Å². The van der Waals surface area contributed by atoms with Crippen molar-refractivity contribution < 1.29 is 4.79 Å². The van der Waals surface area contributed by atoms with Crippen LogP contribution in [-0.4, -0.2) is 30.9 Å². The van der Waals surface area contributed by atoms with Crippen molar-refractivity contribution in [1.82, 2.24) is 4.90 Å². The van der Waals surface area contributed by atoms with Gasteiger partial charge in [0, 0.05) is 26.6 Å². The van der Waals surface area contributed by atoms with Gasteiger partial charge in [-0.1, -0.05) is 12.8 Å². The molecule has 0 aromatic carbocycles. The highest BCUT2D eigenvalue weighted by Gasteiger charge is 2.19. The molecule has 2 N–H and O–H groups in total. The molecule has 1 amide bonds. The van der Waals surface area contributed by atoms with Crippen molar-refractivity contribution in [2.24, 2.45) is 11.7 Å². The topological polar surface area (TPSA) is 46.3 Å². The number of rotatable bonds is 4. The highest BCUT2D eigenvalue weighted by Crippen LogP contribution is 2.27. The molecule has 0 aromatic rings. The minimum Gasteiger partial charge on any atom is -0.344 e. The minimum absolute atomic E-state index is 0.261. The molecule has 0 heterocycles. The van der Waals surface area contributed by atoms with Crippen molar-refractivity contribution in [1.29, 1.82) is 0 Å². The zero-order chi connectivity index (χ0) is 9.68. The van der Waals surface area contributed by atoms with Gasteiger partial charge in [0.1, 0.15) is 0 Å². The fourth-order valence-electron chi connectivity index (χ4n) is 1.94. The lowest BCUT2D eigenvalue weighted by Crippen LogP contribution is -2.32. The van der Waals surface area contributed by atoms with Gasteiger partial charge in [-0.3, -0.25) is 4.79 Å². The van der Waals surface area contributed by atoms with E-state index < -0.39 is 0 Å². The van der Waals surface area contributed by atoms with Crippen molar-refractivity contribution in [3.8, 4) is 0 Å². The number of hydrogen-bond acceptors (Lipinski definition) is 2. The summed E-state index contributed by atoms with van der Waals surface area (Å²) in [7, 11) is 1.84. The Morgan fingerprint density at radius 1 is 1.46 bits per heavy atom. The molecule has 0 unspecified atom stereocenters. The first-order valence-corrected chi connectivity index (χ1v) is 5.18. The highest BCUT2D eigenvalue weighted by atomic mass is 16.2. The second-order valence-electron chi connectivity index (χ2n) is 3.96. The molecule has 0 aliphatic heterocycles. The van der Waals surface area contributed by atoms with Crippen LogP contribution >= 0.6 is 0 Å². The Morgan fingerprint density at radius 3 is 2.62 bits per heavy atom. The molecule has 0 atom stereocenters. The van der Waals surface area contributed by atoms with E-state index >= 15 is 0 Å². The minimum atomic E-state index is 0.261. The molecular formula is C10H20N2O. The summed E-state index contributed by atoms with van der Waals surface area (Å²) in [6.45, 7) is 1.25. The Balaban J connectivity index is 2.22. The van der Waals surface area contributed by atoms with Crippen LogP contribution < -0.4 is 5.73 Å². The zero-order valence-corrected chi connectivity index (χ0v) is 8.46. The lowest BCUT2D eigenvalue weighted by atomic mass is 10.0. The van der Waals surface area contributed by atoms with Gasteiger partial charge in [-0.15, -0.1) is 0 Å². The van der Waals surface area contributed by atoms with Gasteiger partial charge in [0.05, 0.1) is 0 Å². The largest absolute Gasteiger partial charge is 0.344 e. The van der Waals surface area contributed by atoms with Crippen LogP contribution in [0.15, 0.2) is 0 Å². The molecular weight excluding hydrogens is 164 g/mol. The van der Waals surface area contributed by atoms with Crippen molar-refractivity contribution in [2.75, 3.05) is 20.1 Å². The summed E-state index contributed by atoms with van der Waals surface area (Å²) >= 11 is 0. The maximum atomic E-state index is 11.6. The van der Waals surface area contributed by atoms with Crippen molar-refractivity contribution in [2.45, 2.75) is 32.1 Å². The number of hydrogen-bond donors (Lipinski definition) is 1. The van der Waals surface area contributed by atoms with E-state index in [2.05, 4.69) is 0 Å². The van der Waals surface area contributed by atoms with Crippen molar-refractivity contribution in [3.63, 3.8) is 0 Å². The number of nitrogens with zero attached hydrogens (tertiary/aromatic N) is 1.